The summed E-state index contributed by atoms with van der Waals surface area (Å²) in [6.07, 6.45) is 0.887. The van der Waals surface area contributed by atoms with Crippen LogP contribution in [-0.4, -0.2) is 79.2 Å². The second-order valence-corrected chi connectivity index (χ2v) is 8.82. The molecule has 2 aromatic rings. The quantitative estimate of drug-likeness (QED) is 0.307. The summed E-state index contributed by atoms with van der Waals surface area (Å²) in [5.74, 6) is -0.0916. The van der Waals surface area contributed by atoms with Gasteiger partial charge >= 0.3 is 0 Å². The van der Waals surface area contributed by atoms with E-state index in [0.717, 1.165) is 25.1 Å². The molecule has 2 heterocycles. The van der Waals surface area contributed by atoms with Gasteiger partial charge < -0.3 is 24.2 Å². The summed E-state index contributed by atoms with van der Waals surface area (Å²) in [7, 11) is 0. The van der Waals surface area contributed by atoms with E-state index in [-0.39, 0.29) is 11.3 Å². The first kappa shape index (κ1) is 25.7. The summed E-state index contributed by atoms with van der Waals surface area (Å²) in [4.78, 5) is 30.2. The Kier molecular flexibility index (Phi) is 8.61. The second-order valence-electron chi connectivity index (χ2n) is 8.82. The fourth-order valence-corrected chi connectivity index (χ4v) is 4.53. The highest BCUT2D eigenvalue weighted by Crippen LogP contribution is 2.40. The number of Topliss-reactive ketones (excluding diaryl/α,β-unsaturated/α-hetero) is 1. The number of rotatable bonds is 10. The summed E-state index contributed by atoms with van der Waals surface area (Å²) >= 11 is 0. The van der Waals surface area contributed by atoms with Gasteiger partial charge in [-0.05, 0) is 55.3 Å². The number of morpholine rings is 1. The number of ketones is 1. The normalized spacial score (nSPS) is 20.1. The molecule has 1 atom stereocenters. The number of hydrogen-bond acceptors (Lipinski definition) is 7. The second kappa shape index (κ2) is 12.1. The number of carbonyl (C=O) groups excluding carboxylic acids is 2. The van der Waals surface area contributed by atoms with E-state index in [1.54, 1.807) is 29.2 Å². The van der Waals surface area contributed by atoms with E-state index in [2.05, 4.69) is 4.90 Å². The van der Waals surface area contributed by atoms with Crippen molar-refractivity contribution in [1.82, 2.24) is 9.80 Å². The molecule has 1 unspecified atom stereocenters. The zero-order valence-electron chi connectivity index (χ0n) is 20.9. The topological polar surface area (TPSA) is 88.5 Å². The highest BCUT2D eigenvalue weighted by molar-refractivity contribution is 6.46. The van der Waals surface area contributed by atoms with E-state index in [1.165, 1.54) is 0 Å². The van der Waals surface area contributed by atoms with Gasteiger partial charge in [-0.25, -0.2) is 0 Å². The first-order valence-corrected chi connectivity index (χ1v) is 12.6. The van der Waals surface area contributed by atoms with Crippen LogP contribution in [-0.2, 0) is 14.3 Å². The van der Waals surface area contributed by atoms with Crippen molar-refractivity contribution in [3.63, 3.8) is 0 Å². The van der Waals surface area contributed by atoms with Crippen molar-refractivity contribution in [1.29, 1.82) is 0 Å². The summed E-state index contributed by atoms with van der Waals surface area (Å²) in [6, 6.07) is 13.6. The van der Waals surface area contributed by atoms with Gasteiger partial charge in [0.2, 0.25) is 0 Å². The third-order valence-corrected chi connectivity index (χ3v) is 6.41. The maximum Gasteiger partial charge on any atom is 0.295 e. The Hall–Kier alpha value is -3.36. The molecule has 0 spiro atoms. The molecule has 2 aliphatic heterocycles. The van der Waals surface area contributed by atoms with Crippen LogP contribution >= 0.6 is 0 Å². The van der Waals surface area contributed by atoms with Crippen molar-refractivity contribution in [2.45, 2.75) is 26.3 Å². The van der Waals surface area contributed by atoms with Crippen LogP contribution in [0.25, 0.3) is 5.76 Å². The minimum absolute atomic E-state index is 0.0911. The monoisotopic (exact) mass is 494 g/mol. The largest absolute Gasteiger partial charge is 0.507 e. The zero-order valence-corrected chi connectivity index (χ0v) is 20.9. The van der Waals surface area contributed by atoms with Crippen LogP contribution in [0, 0.1) is 0 Å². The van der Waals surface area contributed by atoms with E-state index < -0.39 is 17.7 Å². The molecule has 0 bridgehead atoms. The molecule has 8 heteroatoms. The minimum atomic E-state index is -0.697. The van der Waals surface area contributed by atoms with E-state index >= 15 is 0 Å². The Labute approximate surface area is 212 Å². The highest BCUT2D eigenvalue weighted by atomic mass is 16.5. The zero-order chi connectivity index (χ0) is 25.5. The van der Waals surface area contributed by atoms with E-state index in [9.17, 15) is 14.7 Å². The van der Waals surface area contributed by atoms with Crippen LogP contribution in [0.2, 0.25) is 0 Å². The third kappa shape index (κ3) is 5.71. The number of likely N-dealkylation sites (tertiary alicyclic amines) is 1. The molecule has 0 aromatic heterocycles. The molecule has 2 saturated heterocycles. The molecule has 0 saturated carbocycles. The Morgan fingerprint density at radius 1 is 0.944 bits per heavy atom. The maximum absolute atomic E-state index is 13.3. The number of ether oxygens (including phenoxy) is 3. The lowest BCUT2D eigenvalue weighted by Gasteiger charge is -2.31. The van der Waals surface area contributed by atoms with Crippen molar-refractivity contribution in [2.24, 2.45) is 0 Å². The average Bonchev–Trinajstić information content (AvgIpc) is 3.17. The lowest BCUT2D eigenvalue weighted by atomic mass is 9.95. The number of hydrogen-bond donors (Lipinski definition) is 1. The maximum atomic E-state index is 13.3. The van der Waals surface area contributed by atoms with E-state index in [1.807, 2.05) is 38.1 Å². The van der Waals surface area contributed by atoms with Crippen LogP contribution in [0.5, 0.6) is 11.5 Å². The summed E-state index contributed by atoms with van der Waals surface area (Å²) in [5.41, 5.74) is 1.29. The Bertz CT molecular complexity index is 1070. The van der Waals surface area contributed by atoms with Crippen LogP contribution in [0.3, 0.4) is 0 Å². The van der Waals surface area contributed by atoms with Gasteiger partial charge in [-0.3, -0.25) is 14.5 Å². The van der Waals surface area contributed by atoms with Gasteiger partial charge in [0, 0.05) is 31.7 Å². The fraction of sp³-hybridized carbons (Fsp3) is 0.429. The van der Waals surface area contributed by atoms with Crippen molar-refractivity contribution in [2.75, 3.05) is 52.6 Å². The van der Waals surface area contributed by atoms with Gasteiger partial charge in [0.25, 0.3) is 11.7 Å². The van der Waals surface area contributed by atoms with E-state index in [0.29, 0.717) is 56.6 Å². The Balaban J connectivity index is 1.68. The molecule has 1 amide bonds. The summed E-state index contributed by atoms with van der Waals surface area (Å²) in [6.45, 7) is 8.92. The molecule has 4 rings (SSSR count). The summed E-state index contributed by atoms with van der Waals surface area (Å²) < 4.78 is 16.6. The number of carbonyl (C=O) groups is 2. The Morgan fingerprint density at radius 3 is 2.22 bits per heavy atom. The molecule has 192 valence electrons. The van der Waals surface area contributed by atoms with Crippen molar-refractivity contribution < 1.29 is 28.9 Å². The predicted octanol–water partition coefficient (Wildman–Crippen LogP) is 3.63. The number of amides is 1. The molecule has 2 aromatic carbocycles. The first-order valence-electron chi connectivity index (χ1n) is 12.6. The van der Waals surface area contributed by atoms with Gasteiger partial charge in [0.05, 0.1) is 38.0 Å². The molecule has 0 aliphatic carbocycles. The molecular formula is C28H34N2O6. The molecular weight excluding hydrogens is 460 g/mol. The van der Waals surface area contributed by atoms with Gasteiger partial charge in [0.15, 0.2) is 0 Å². The molecule has 1 N–H and O–H groups in total. The number of nitrogens with zero attached hydrogens (tertiary/aromatic N) is 2. The number of benzene rings is 2. The van der Waals surface area contributed by atoms with Gasteiger partial charge in [0.1, 0.15) is 17.3 Å². The SMILES string of the molecule is CCCOc1ccc(/C(O)=C2/C(=O)C(=O)N(CCN3CCOCC3)C2c2ccc(OCC)cc2)cc1. The first-order chi connectivity index (χ1) is 17.5. The van der Waals surface area contributed by atoms with Crippen LogP contribution in [0.15, 0.2) is 54.1 Å². The molecule has 36 heavy (non-hydrogen) atoms. The molecule has 2 aliphatic rings. The van der Waals surface area contributed by atoms with Gasteiger partial charge in [-0.1, -0.05) is 19.1 Å². The minimum Gasteiger partial charge on any atom is -0.507 e. The fourth-order valence-electron chi connectivity index (χ4n) is 4.53. The molecule has 2 fully saturated rings. The highest BCUT2D eigenvalue weighted by Gasteiger charge is 2.46. The van der Waals surface area contributed by atoms with Crippen LogP contribution < -0.4 is 9.47 Å². The third-order valence-electron chi connectivity index (χ3n) is 6.41. The predicted molar refractivity (Wildman–Crippen MR) is 136 cm³/mol. The van der Waals surface area contributed by atoms with Crippen LogP contribution in [0.1, 0.15) is 37.4 Å². The van der Waals surface area contributed by atoms with Crippen molar-refractivity contribution >= 4 is 17.4 Å². The van der Waals surface area contributed by atoms with Gasteiger partial charge in [-0.2, -0.15) is 0 Å². The Morgan fingerprint density at radius 2 is 1.58 bits per heavy atom. The number of aliphatic hydroxyl groups is 1. The molecule has 0 radical (unpaired) electrons. The molecule has 8 nitrogen and oxygen atoms in total. The van der Waals surface area contributed by atoms with E-state index in [4.69, 9.17) is 14.2 Å². The lowest BCUT2D eigenvalue weighted by molar-refractivity contribution is -0.140. The summed E-state index contributed by atoms with van der Waals surface area (Å²) in [5, 5.41) is 11.3. The number of aliphatic hydroxyl groups excluding tert-OH is 1. The van der Waals surface area contributed by atoms with Crippen molar-refractivity contribution in [3.05, 3.63) is 65.2 Å². The van der Waals surface area contributed by atoms with Crippen molar-refractivity contribution in [3.8, 4) is 11.5 Å². The van der Waals surface area contributed by atoms with Crippen LogP contribution in [0.4, 0.5) is 0 Å². The smallest absolute Gasteiger partial charge is 0.295 e. The average molecular weight is 495 g/mol. The lowest BCUT2D eigenvalue weighted by Crippen LogP contribution is -2.42. The van der Waals surface area contributed by atoms with Gasteiger partial charge in [-0.15, -0.1) is 0 Å². The standard InChI is InChI=1S/C28H34N2O6/c1-3-17-36-23-11-7-21(8-12-23)26(31)24-25(20-5-9-22(10-6-20)35-4-2)30(28(33)27(24)32)14-13-29-15-18-34-19-16-29/h5-12,25,31H,3-4,13-19H2,1-2H3/b26-24-.